The van der Waals surface area contributed by atoms with E-state index in [1.165, 1.54) is 0 Å². The van der Waals surface area contributed by atoms with Gasteiger partial charge in [-0.05, 0) is 37.8 Å². The van der Waals surface area contributed by atoms with Crippen molar-refractivity contribution in [2.24, 2.45) is 5.92 Å². The third-order valence-electron chi connectivity index (χ3n) is 4.62. The molecule has 1 aromatic rings. The summed E-state index contributed by atoms with van der Waals surface area (Å²) in [4.78, 5) is 14.4. The number of amides is 1. The van der Waals surface area contributed by atoms with Gasteiger partial charge in [-0.15, -0.1) is 0 Å². The van der Waals surface area contributed by atoms with E-state index in [1.807, 2.05) is 29.2 Å². The second kappa shape index (κ2) is 6.37. The second-order valence-corrected chi connectivity index (χ2v) is 6.61. The maximum atomic E-state index is 12.4. The maximum Gasteiger partial charge on any atom is 0.222 e. The number of likely N-dealkylation sites (tertiary alicyclic amines) is 1. The Morgan fingerprint density at radius 3 is 3.05 bits per heavy atom. The zero-order valence-electron chi connectivity index (χ0n) is 12.4. The van der Waals surface area contributed by atoms with Crippen LogP contribution in [0.5, 0.6) is 0 Å². The number of piperidine rings is 1. The maximum absolute atomic E-state index is 12.4. The van der Waals surface area contributed by atoms with Crippen LogP contribution in [0.3, 0.4) is 0 Å². The smallest absolute Gasteiger partial charge is 0.222 e. The molecule has 21 heavy (non-hydrogen) atoms. The minimum atomic E-state index is 0.243. The molecule has 1 amide bonds. The number of benzene rings is 1. The highest BCUT2D eigenvalue weighted by atomic mass is 35.5. The van der Waals surface area contributed by atoms with Crippen molar-refractivity contribution in [1.29, 1.82) is 0 Å². The average Bonchev–Trinajstić information content (AvgIpc) is 2.85. The lowest BCUT2D eigenvalue weighted by atomic mass is 9.93. The van der Waals surface area contributed by atoms with Crippen molar-refractivity contribution in [3.8, 4) is 0 Å². The van der Waals surface area contributed by atoms with E-state index in [0.717, 1.165) is 42.9 Å². The van der Waals surface area contributed by atoms with Crippen LogP contribution in [0.25, 0.3) is 0 Å². The summed E-state index contributed by atoms with van der Waals surface area (Å²) in [5, 5.41) is 0.752. The molecule has 0 aliphatic carbocycles. The van der Waals surface area contributed by atoms with Gasteiger partial charge >= 0.3 is 0 Å². The number of carbonyl (C=O) groups excluding carboxylic acids is 1. The van der Waals surface area contributed by atoms with Gasteiger partial charge in [0.1, 0.15) is 0 Å². The third kappa shape index (κ3) is 3.41. The van der Waals surface area contributed by atoms with Crippen LogP contribution in [-0.4, -0.2) is 36.1 Å². The summed E-state index contributed by atoms with van der Waals surface area (Å²) in [7, 11) is 0. The lowest BCUT2D eigenvalue weighted by Gasteiger charge is -2.34. The molecule has 114 valence electrons. The van der Waals surface area contributed by atoms with Gasteiger partial charge in [-0.2, -0.15) is 0 Å². The molecule has 2 heterocycles. The summed E-state index contributed by atoms with van der Waals surface area (Å²) >= 11 is 6.14. The Morgan fingerprint density at radius 2 is 2.24 bits per heavy atom. The molecule has 3 rings (SSSR count). The number of rotatable bonds is 3. The molecule has 2 aliphatic rings. The van der Waals surface area contributed by atoms with E-state index in [0.29, 0.717) is 24.5 Å². The summed E-state index contributed by atoms with van der Waals surface area (Å²) in [6, 6.07) is 7.76. The van der Waals surface area contributed by atoms with Crippen LogP contribution in [0.1, 0.15) is 31.7 Å². The summed E-state index contributed by atoms with van der Waals surface area (Å²) < 4.78 is 5.88. The number of hydrogen-bond donors (Lipinski definition) is 0. The number of fused-ring (bicyclic) bond motifs is 1. The Balaban J connectivity index is 1.53. The Hall–Kier alpha value is -1.06. The standard InChI is InChI=1S/C17H22ClNO2/c1-12-10-14-11-19(9-8-16(14)21-12)17(20)7-6-13-4-2-3-5-15(13)18/h2-5,12,14,16H,6-11H2,1H3/t12-,14-,16-/m1/s1. The summed E-state index contributed by atoms with van der Waals surface area (Å²) in [6.07, 6.45) is 4.03. The average molecular weight is 308 g/mol. The molecular weight excluding hydrogens is 286 g/mol. The molecule has 2 saturated heterocycles. The Kier molecular flexibility index (Phi) is 4.51. The van der Waals surface area contributed by atoms with Crippen LogP contribution in [0.2, 0.25) is 5.02 Å². The monoisotopic (exact) mass is 307 g/mol. The van der Waals surface area contributed by atoms with Crippen LogP contribution in [-0.2, 0) is 16.0 Å². The third-order valence-corrected chi connectivity index (χ3v) is 4.99. The van der Waals surface area contributed by atoms with Gasteiger partial charge in [-0.1, -0.05) is 29.8 Å². The molecule has 2 aliphatic heterocycles. The highest BCUT2D eigenvalue weighted by Gasteiger charge is 2.38. The normalized spacial score (nSPS) is 28.5. The van der Waals surface area contributed by atoms with Gasteiger partial charge in [0.2, 0.25) is 5.91 Å². The number of carbonyl (C=O) groups is 1. The SMILES string of the molecule is C[C@@H]1C[C@@H]2CN(C(=O)CCc3ccccc3Cl)CC[C@H]2O1. The highest BCUT2D eigenvalue weighted by Crippen LogP contribution is 2.32. The lowest BCUT2D eigenvalue weighted by Crippen LogP contribution is -2.44. The van der Waals surface area contributed by atoms with Crippen LogP contribution in [0.15, 0.2) is 24.3 Å². The topological polar surface area (TPSA) is 29.5 Å². The van der Waals surface area contributed by atoms with Crippen LogP contribution in [0, 0.1) is 5.92 Å². The van der Waals surface area contributed by atoms with E-state index in [2.05, 4.69) is 6.92 Å². The van der Waals surface area contributed by atoms with Gasteiger partial charge in [0.05, 0.1) is 12.2 Å². The number of nitrogens with zero attached hydrogens (tertiary/aromatic N) is 1. The Bertz CT molecular complexity index is 519. The van der Waals surface area contributed by atoms with Gasteiger partial charge in [0, 0.05) is 30.5 Å². The van der Waals surface area contributed by atoms with E-state index >= 15 is 0 Å². The second-order valence-electron chi connectivity index (χ2n) is 6.20. The van der Waals surface area contributed by atoms with E-state index in [1.54, 1.807) is 0 Å². The predicted octanol–water partition coefficient (Wildman–Crippen LogP) is 3.30. The lowest BCUT2D eigenvalue weighted by molar-refractivity contribution is -0.134. The minimum absolute atomic E-state index is 0.243. The van der Waals surface area contributed by atoms with Gasteiger partial charge in [-0.25, -0.2) is 0 Å². The zero-order valence-corrected chi connectivity index (χ0v) is 13.2. The highest BCUT2D eigenvalue weighted by molar-refractivity contribution is 6.31. The van der Waals surface area contributed by atoms with E-state index in [4.69, 9.17) is 16.3 Å². The Labute approximate surface area is 131 Å². The summed E-state index contributed by atoms with van der Waals surface area (Å²) in [5.41, 5.74) is 1.06. The fraction of sp³-hybridized carbons (Fsp3) is 0.588. The van der Waals surface area contributed by atoms with Gasteiger partial charge in [0.25, 0.3) is 0 Å². The first kappa shape index (κ1) is 14.9. The molecule has 3 atom stereocenters. The van der Waals surface area contributed by atoms with Gasteiger partial charge in [-0.3, -0.25) is 4.79 Å². The van der Waals surface area contributed by atoms with Gasteiger partial charge in [0.15, 0.2) is 0 Å². The molecular formula is C17H22ClNO2. The summed E-state index contributed by atoms with van der Waals surface area (Å²) in [6.45, 7) is 3.81. The molecule has 0 unspecified atom stereocenters. The van der Waals surface area contributed by atoms with Crippen molar-refractivity contribution in [2.45, 2.75) is 44.8 Å². The quantitative estimate of drug-likeness (QED) is 0.857. The predicted molar refractivity (Wildman–Crippen MR) is 83.4 cm³/mol. The minimum Gasteiger partial charge on any atom is -0.375 e. The van der Waals surface area contributed by atoms with Crippen molar-refractivity contribution >= 4 is 17.5 Å². The van der Waals surface area contributed by atoms with E-state index in [9.17, 15) is 4.79 Å². The molecule has 4 heteroatoms. The van der Waals surface area contributed by atoms with E-state index in [-0.39, 0.29) is 5.91 Å². The molecule has 1 aromatic carbocycles. The number of aryl methyl sites for hydroxylation is 1. The number of halogens is 1. The fourth-order valence-corrected chi connectivity index (χ4v) is 3.75. The molecule has 0 bridgehead atoms. The molecule has 0 radical (unpaired) electrons. The Morgan fingerprint density at radius 1 is 1.43 bits per heavy atom. The molecule has 0 spiro atoms. The molecule has 0 aromatic heterocycles. The first-order valence-electron chi connectivity index (χ1n) is 7.80. The largest absolute Gasteiger partial charge is 0.375 e. The number of hydrogen-bond acceptors (Lipinski definition) is 2. The fourth-order valence-electron chi connectivity index (χ4n) is 3.52. The van der Waals surface area contributed by atoms with Crippen molar-refractivity contribution < 1.29 is 9.53 Å². The molecule has 2 fully saturated rings. The first-order valence-corrected chi connectivity index (χ1v) is 8.18. The molecule has 0 saturated carbocycles. The summed E-state index contributed by atoms with van der Waals surface area (Å²) in [5.74, 6) is 0.769. The van der Waals surface area contributed by atoms with Crippen LogP contribution in [0.4, 0.5) is 0 Å². The van der Waals surface area contributed by atoms with Crippen molar-refractivity contribution in [1.82, 2.24) is 4.90 Å². The van der Waals surface area contributed by atoms with Crippen LogP contribution < -0.4 is 0 Å². The molecule has 3 nitrogen and oxygen atoms in total. The van der Waals surface area contributed by atoms with E-state index < -0.39 is 0 Å². The first-order chi connectivity index (χ1) is 10.1. The van der Waals surface area contributed by atoms with Crippen LogP contribution >= 0.6 is 11.6 Å². The molecule has 0 N–H and O–H groups in total. The zero-order chi connectivity index (χ0) is 14.8. The van der Waals surface area contributed by atoms with Crippen molar-refractivity contribution in [3.05, 3.63) is 34.9 Å². The van der Waals surface area contributed by atoms with Crippen molar-refractivity contribution in [3.63, 3.8) is 0 Å². The number of ether oxygens (including phenoxy) is 1. The van der Waals surface area contributed by atoms with Gasteiger partial charge < -0.3 is 9.64 Å². The van der Waals surface area contributed by atoms with Crippen molar-refractivity contribution in [2.75, 3.05) is 13.1 Å².